The molecule has 1 amide bonds. The van der Waals surface area contributed by atoms with Crippen LogP contribution < -0.4 is 14.9 Å². The topological polar surface area (TPSA) is 73.1 Å². The molecular formula is C20H16N2O4. The van der Waals surface area contributed by atoms with E-state index in [4.69, 9.17) is 20.3 Å². The van der Waals surface area contributed by atoms with E-state index in [-0.39, 0.29) is 12.4 Å². The second kappa shape index (κ2) is 7.90. The van der Waals surface area contributed by atoms with Crippen LogP contribution >= 0.6 is 0 Å². The minimum Gasteiger partial charge on any atom is -0.493 e. The van der Waals surface area contributed by atoms with Crippen molar-refractivity contribution >= 4 is 23.1 Å². The predicted octanol–water partition coefficient (Wildman–Crippen LogP) is 3.22. The maximum Gasteiger partial charge on any atom is 0.307 e. The molecule has 3 aromatic rings. The van der Waals surface area contributed by atoms with Gasteiger partial charge in [0.2, 0.25) is 0 Å². The number of nitrogens with zero attached hydrogens (tertiary/aromatic N) is 1. The summed E-state index contributed by atoms with van der Waals surface area (Å²) in [7, 11) is 1.53. The van der Waals surface area contributed by atoms with Gasteiger partial charge in [0.1, 0.15) is 12.2 Å². The maximum absolute atomic E-state index is 12.1. The normalized spacial score (nSPS) is 10.6. The number of carbonyl (C=O) groups is 1. The first kappa shape index (κ1) is 17.1. The van der Waals surface area contributed by atoms with E-state index in [1.807, 2.05) is 18.2 Å². The third-order valence-corrected chi connectivity index (χ3v) is 3.53. The molecule has 1 aromatic heterocycles. The molecule has 0 bridgehead atoms. The molecule has 1 N–H and O–H groups in total. The van der Waals surface area contributed by atoms with Crippen molar-refractivity contribution in [2.45, 2.75) is 0 Å². The second-order valence-corrected chi connectivity index (χ2v) is 5.25. The van der Waals surface area contributed by atoms with Crippen LogP contribution in [-0.2, 0) is 0 Å². The van der Waals surface area contributed by atoms with Crippen LogP contribution in [0.25, 0.3) is 11.0 Å². The smallest absolute Gasteiger partial charge is 0.307 e. The highest BCUT2D eigenvalue weighted by Gasteiger charge is 2.11. The Labute approximate surface area is 150 Å². The van der Waals surface area contributed by atoms with Crippen molar-refractivity contribution in [3.63, 3.8) is 0 Å². The van der Waals surface area contributed by atoms with Crippen LogP contribution in [0.4, 0.5) is 0 Å². The van der Waals surface area contributed by atoms with Crippen LogP contribution in [-0.4, -0.2) is 25.8 Å². The average molecular weight is 348 g/mol. The standard InChI is InChI=1S/C20H16N2O4/c1-3-10-25-17-9-8-14(11-18(17)24-2)13-21-22-20(23)19-12-15-6-4-5-7-16(15)26-19/h1,4-9,11-13H,10H2,2H3,(H,22,23)/b21-13+. The number of nitrogens with one attached hydrogen (secondary N) is 1. The molecule has 1 heterocycles. The first-order chi connectivity index (χ1) is 12.7. The number of hydrazone groups is 1. The summed E-state index contributed by atoms with van der Waals surface area (Å²) in [6.07, 6.45) is 6.67. The lowest BCUT2D eigenvalue weighted by molar-refractivity contribution is 0.0929. The zero-order chi connectivity index (χ0) is 18.4. The van der Waals surface area contributed by atoms with Crippen molar-refractivity contribution in [1.82, 2.24) is 5.43 Å². The van der Waals surface area contributed by atoms with Crippen molar-refractivity contribution < 1.29 is 18.7 Å². The largest absolute Gasteiger partial charge is 0.493 e. The fourth-order valence-electron chi connectivity index (χ4n) is 2.32. The van der Waals surface area contributed by atoms with Crippen molar-refractivity contribution in [3.05, 3.63) is 59.9 Å². The van der Waals surface area contributed by atoms with Gasteiger partial charge in [-0.3, -0.25) is 4.79 Å². The minimum absolute atomic E-state index is 0.150. The molecule has 0 aliphatic carbocycles. The first-order valence-electron chi connectivity index (χ1n) is 7.77. The lowest BCUT2D eigenvalue weighted by atomic mass is 10.2. The molecule has 0 unspecified atom stereocenters. The average Bonchev–Trinajstić information content (AvgIpc) is 3.11. The third kappa shape index (κ3) is 3.84. The third-order valence-electron chi connectivity index (χ3n) is 3.53. The number of fused-ring (bicyclic) bond motifs is 1. The van der Waals surface area contributed by atoms with Gasteiger partial charge in [0.25, 0.3) is 0 Å². The molecule has 6 heteroatoms. The molecule has 2 aromatic carbocycles. The zero-order valence-electron chi connectivity index (χ0n) is 14.1. The fourth-order valence-corrected chi connectivity index (χ4v) is 2.32. The molecule has 26 heavy (non-hydrogen) atoms. The molecule has 3 rings (SSSR count). The van der Waals surface area contributed by atoms with E-state index in [1.165, 1.54) is 13.3 Å². The van der Waals surface area contributed by atoms with Gasteiger partial charge in [-0.05, 0) is 35.9 Å². The molecule has 0 radical (unpaired) electrons. The Morgan fingerprint density at radius 1 is 1.27 bits per heavy atom. The first-order valence-corrected chi connectivity index (χ1v) is 7.77. The summed E-state index contributed by atoms with van der Waals surface area (Å²) >= 11 is 0. The van der Waals surface area contributed by atoms with Gasteiger partial charge in [-0.25, -0.2) is 5.43 Å². The van der Waals surface area contributed by atoms with E-state index in [9.17, 15) is 4.79 Å². The molecule has 0 atom stereocenters. The van der Waals surface area contributed by atoms with Crippen molar-refractivity contribution in [3.8, 4) is 23.8 Å². The van der Waals surface area contributed by atoms with Gasteiger partial charge in [-0.2, -0.15) is 5.10 Å². The quantitative estimate of drug-likeness (QED) is 0.422. The van der Waals surface area contributed by atoms with Crippen LogP contribution in [0.2, 0.25) is 0 Å². The number of furan rings is 1. The highest BCUT2D eigenvalue weighted by molar-refractivity contribution is 5.96. The summed E-state index contributed by atoms with van der Waals surface area (Å²) in [6, 6.07) is 14.3. The van der Waals surface area contributed by atoms with Gasteiger partial charge in [-0.1, -0.05) is 24.1 Å². The molecule has 0 aliphatic rings. The summed E-state index contributed by atoms with van der Waals surface area (Å²) < 4.78 is 16.1. The molecule has 0 aliphatic heterocycles. The van der Waals surface area contributed by atoms with Crippen LogP contribution in [0.15, 0.2) is 58.0 Å². The number of amides is 1. The van der Waals surface area contributed by atoms with E-state index in [2.05, 4.69) is 16.4 Å². The number of ether oxygens (including phenoxy) is 2. The molecule has 6 nitrogen and oxygen atoms in total. The van der Waals surface area contributed by atoms with Crippen LogP contribution in [0, 0.1) is 12.3 Å². The highest BCUT2D eigenvalue weighted by atomic mass is 16.5. The number of benzene rings is 2. The van der Waals surface area contributed by atoms with Crippen LogP contribution in [0.3, 0.4) is 0 Å². The van der Waals surface area contributed by atoms with Gasteiger partial charge >= 0.3 is 5.91 Å². The lowest BCUT2D eigenvalue weighted by Gasteiger charge is -2.08. The number of hydrogen-bond donors (Lipinski definition) is 1. The van der Waals surface area contributed by atoms with Gasteiger partial charge in [-0.15, -0.1) is 6.42 Å². The number of methoxy groups -OCH3 is 1. The van der Waals surface area contributed by atoms with Gasteiger partial charge in [0, 0.05) is 5.39 Å². The molecular weight excluding hydrogens is 332 g/mol. The van der Waals surface area contributed by atoms with E-state index in [0.717, 1.165) is 10.9 Å². The van der Waals surface area contributed by atoms with Gasteiger partial charge < -0.3 is 13.9 Å². The van der Waals surface area contributed by atoms with Gasteiger partial charge in [0.05, 0.1) is 13.3 Å². The maximum atomic E-state index is 12.1. The number of terminal acetylenes is 1. The molecule has 130 valence electrons. The molecule has 0 fully saturated rings. The Balaban J connectivity index is 1.67. The van der Waals surface area contributed by atoms with E-state index >= 15 is 0 Å². The summed E-state index contributed by atoms with van der Waals surface area (Å²) in [4.78, 5) is 12.1. The summed E-state index contributed by atoms with van der Waals surface area (Å²) in [5.74, 6) is 3.21. The monoisotopic (exact) mass is 348 g/mol. The fraction of sp³-hybridized carbons (Fsp3) is 0.100. The SMILES string of the molecule is C#CCOc1ccc(/C=N/NC(=O)c2cc3ccccc3o2)cc1OC. The van der Waals surface area contributed by atoms with E-state index < -0.39 is 5.91 Å². The van der Waals surface area contributed by atoms with Crippen LogP contribution in [0.5, 0.6) is 11.5 Å². The molecule has 0 saturated heterocycles. The molecule has 0 spiro atoms. The Bertz CT molecular complexity index is 965. The Kier molecular flexibility index (Phi) is 5.20. The van der Waals surface area contributed by atoms with Crippen molar-refractivity contribution in [2.24, 2.45) is 5.10 Å². The second-order valence-electron chi connectivity index (χ2n) is 5.25. The Morgan fingerprint density at radius 2 is 2.12 bits per heavy atom. The van der Waals surface area contributed by atoms with Gasteiger partial charge in [0.15, 0.2) is 17.3 Å². The number of hydrogen-bond acceptors (Lipinski definition) is 5. The Morgan fingerprint density at radius 3 is 2.88 bits per heavy atom. The molecule has 0 saturated carbocycles. The predicted molar refractivity (Wildman–Crippen MR) is 98.6 cm³/mol. The Hall–Kier alpha value is -3.72. The van der Waals surface area contributed by atoms with E-state index in [1.54, 1.807) is 30.3 Å². The highest BCUT2D eigenvalue weighted by Crippen LogP contribution is 2.27. The van der Waals surface area contributed by atoms with Crippen molar-refractivity contribution in [2.75, 3.05) is 13.7 Å². The summed E-state index contributed by atoms with van der Waals surface area (Å²) in [5.41, 5.74) is 3.80. The zero-order valence-corrected chi connectivity index (χ0v) is 14.1. The van der Waals surface area contributed by atoms with Crippen LogP contribution in [0.1, 0.15) is 16.1 Å². The lowest BCUT2D eigenvalue weighted by Crippen LogP contribution is -2.16. The van der Waals surface area contributed by atoms with Crippen molar-refractivity contribution in [1.29, 1.82) is 0 Å². The number of carbonyl (C=O) groups excluding carboxylic acids is 1. The number of para-hydroxylation sites is 1. The summed E-state index contributed by atoms with van der Waals surface area (Å²) in [6.45, 7) is 0.150. The van der Waals surface area contributed by atoms with E-state index in [0.29, 0.717) is 17.1 Å². The minimum atomic E-state index is -0.432. The number of rotatable bonds is 6. The summed E-state index contributed by atoms with van der Waals surface area (Å²) in [5, 5.41) is 4.80.